The Morgan fingerprint density at radius 1 is 1.26 bits per heavy atom. The average Bonchev–Trinajstić information content (AvgIpc) is 3.15. The molecule has 0 bridgehead atoms. The number of nitrogens with one attached hydrogen (secondary N) is 1. The molecule has 7 nitrogen and oxygen atoms in total. The molecule has 4 rings (SSSR count). The highest BCUT2D eigenvalue weighted by molar-refractivity contribution is 7.16. The highest BCUT2D eigenvalue weighted by Crippen LogP contribution is 2.36. The number of nitriles is 1. The van der Waals surface area contributed by atoms with Crippen molar-refractivity contribution in [1.82, 2.24) is 14.9 Å². The van der Waals surface area contributed by atoms with Crippen LogP contribution in [0.2, 0.25) is 0 Å². The quantitative estimate of drug-likeness (QED) is 0.628. The van der Waals surface area contributed by atoms with E-state index in [1.165, 1.54) is 17.4 Å². The molecule has 0 saturated carbocycles. The first-order valence-electron chi connectivity index (χ1n) is 9.75. The van der Waals surface area contributed by atoms with Crippen molar-refractivity contribution in [1.29, 1.82) is 5.26 Å². The van der Waals surface area contributed by atoms with Crippen molar-refractivity contribution in [2.45, 2.75) is 19.4 Å². The number of fused-ring (bicyclic) bond motifs is 1. The second-order valence-electron chi connectivity index (χ2n) is 6.99. The van der Waals surface area contributed by atoms with Crippen LogP contribution >= 0.6 is 11.3 Å². The molecule has 0 radical (unpaired) electrons. The largest absolute Gasteiger partial charge is 0.337 e. The van der Waals surface area contributed by atoms with Crippen LogP contribution in [0.1, 0.15) is 27.3 Å². The Morgan fingerprint density at radius 2 is 2.16 bits per heavy atom. The molecule has 1 aliphatic rings. The van der Waals surface area contributed by atoms with E-state index < -0.39 is 0 Å². The lowest BCUT2D eigenvalue weighted by Gasteiger charge is -2.27. The fourth-order valence-corrected chi connectivity index (χ4v) is 4.61. The lowest BCUT2D eigenvalue weighted by Crippen LogP contribution is -2.36. The van der Waals surface area contributed by atoms with E-state index in [0.717, 1.165) is 21.7 Å². The van der Waals surface area contributed by atoms with Crippen LogP contribution in [0, 0.1) is 11.3 Å². The van der Waals surface area contributed by atoms with E-state index in [1.807, 2.05) is 24.3 Å². The van der Waals surface area contributed by atoms with Crippen LogP contribution in [0.15, 0.2) is 55.0 Å². The number of carbonyl (C=O) groups excluding carboxylic acids is 2. The van der Waals surface area contributed by atoms with Crippen molar-refractivity contribution in [3.05, 3.63) is 82.3 Å². The number of rotatable bonds is 5. The third-order valence-corrected chi connectivity index (χ3v) is 6.06. The minimum atomic E-state index is -0.318. The van der Waals surface area contributed by atoms with Gasteiger partial charge < -0.3 is 10.2 Å². The van der Waals surface area contributed by atoms with Gasteiger partial charge in [-0.05, 0) is 41.8 Å². The molecular formula is C23H19N5O2S. The van der Waals surface area contributed by atoms with Crippen molar-refractivity contribution >= 4 is 34.2 Å². The molecule has 154 valence electrons. The smallest absolute Gasteiger partial charge is 0.249 e. The number of nitrogens with zero attached hydrogens (tertiary/aromatic N) is 4. The van der Waals surface area contributed by atoms with Crippen LogP contribution in [0.5, 0.6) is 0 Å². The normalized spacial score (nSPS) is 12.9. The van der Waals surface area contributed by atoms with E-state index >= 15 is 0 Å². The molecule has 1 N–H and O–H groups in total. The summed E-state index contributed by atoms with van der Waals surface area (Å²) in [6.07, 6.45) is 8.91. The number of pyridine rings is 2. The monoisotopic (exact) mass is 429 g/mol. The Morgan fingerprint density at radius 3 is 2.90 bits per heavy atom. The molecular weight excluding hydrogens is 410 g/mol. The molecule has 0 aromatic carbocycles. The van der Waals surface area contributed by atoms with Crippen molar-refractivity contribution in [2.24, 2.45) is 0 Å². The Hall–Kier alpha value is -3.83. The van der Waals surface area contributed by atoms with Gasteiger partial charge in [-0.2, -0.15) is 5.26 Å². The maximum Gasteiger partial charge on any atom is 0.249 e. The van der Waals surface area contributed by atoms with Crippen LogP contribution < -0.4 is 5.32 Å². The van der Waals surface area contributed by atoms with Crippen LogP contribution in [0.4, 0.5) is 5.00 Å². The Kier molecular flexibility index (Phi) is 6.15. The van der Waals surface area contributed by atoms with Crippen LogP contribution in [0.25, 0.3) is 6.08 Å². The van der Waals surface area contributed by atoms with Gasteiger partial charge in [0.1, 0.15) is 11.1 Å². The van der Waals surface area contributed by atoms with E-state index in [4.69, 9.17) is 0 Å². The van der Waals surface area contributed by atoms with Crippen molar-refractivity contribution in [3.8, 4) is 6.07 Å². The van der Waals surface area contributed by atoms with Crippen LogP contribution in [-0.4, -0.2) is 33.2 Å². The predicted octanol–water partition coefficient (Wildman–Crippen LogP) is 3.19. The molecule has 0 spiro atoms. The maximum absolute atomic E-state index is 12.7. The number of hydrogen-bond donors (Lipinski definition) is 1. The molecule has 0 atom stereocenters. The molecule has 31 heavy (non-hydrogen) atoms. The summed E-state index contributed by atoms with van der Waals surface area (Å²) in [4.78, 5) is 36.0. The Labute approximate surface area is 183 Å². The lowest BCUT2D eigenvalue weighted by atomic mass is 10.0. The summed E-state index contributed by atoms with van der Waals surface area (Å²) < 4.78 is 0. The number of hydrogen-bond acceptors (Lipinski definition) is 6. The second-order valence-corrected chi connectivity index (χ2v) is 8.10. The molecule has 4 heterocycles. The molecule has 0 saturated heterocycles. The lowest BCUT2D eigenvalue weighted by molar-refractivity contribution is -0.131. The zero-order valence-electron chi connectivity index (χ0n) is 16.6. The first kappa shape index (κ1) is 20.4. The number of aromatic nitrogens is 2. The van der Waals surface area contributed by atoms with Crippen LogP contribution in [0.3, 0.4) is 0 Å². The number of anilines is 1. The zero-order valence-corrected chi connectivity index (χ0v) is 17.4. The van der Waals surface area contributed by atoms with Gasteiger partial charge in [-0.1, -0.05) is 12.1 Å². The minimum Gasteiger partial charge on any atom is -0.337 e. The first-order chi connectivity index (χ1) is 15.1. The van der Waals surface area contributed by atoms with Crippen LogP contribution in [-0.2, 0) is 29.0 Å². The summed E-state index contributed by atoms with van der Waals surface area (Å²) >= 11 is 1.35. The molecule has 0 aliphatic carbocycles. The molecule has 3 aromatic rings. The third-order valence-electron chi connectivity index (χ3n) is 4.93. The fraction of sp³-hybridized carbons (Fsp3) is 0.174. The summed E-state index contributed by atoms with van der Waals surface area (Å²) in [7, 11) is 0. The summed E-state index contributed by atoms with van der Waals surface area (Å²) in [5.74, 6) is -0.316. The van der Waals surface area contributed by atoms with Gasteiger partial charge in [0.2, 0.25) is 11.8 Å². The molecule has 0 unspecified atom stereocenters. The second kappa shape index (κ2) is 9.32. The summed E-state index contributed by atoms with van der Waals surface area (Å²) in [5, 5.41) is 13.0. The maximum atomic E-state index is 12.7. The van der Waals surface area contributed by atoms with Gasteiger partial charge in [-0.25, -0.2) is 0 Å². The topological polar surface area (TPSA) is 99.0 Å². The summed E-state index contributed by atoms with van der Waals surface area (Å²) in [6.45, 7) is 0.972. The molecule has 2 amide bonds. The van der Waals surface area contributed by atoms with E-state index in [1.54, 1.807) is 35.6 Å². The number of thiophene rings is 1. The van der Waals surface area contributed by atoms with Gasteiger partial charge in [0.15, 0.2) is 0 Å². The van der Waals surface area contributed by atoms with Crippen molar-refractivity contribution in [3.63, 3.8) is 0 Å². The number of carbonyl (C=O) groups is 2. The SMILES string of the molecule is N#Cc1c(NC(=O)C=Cc2cccnc2)sc2c1CCN(C(=O)Cc1ccccn1)C2. The Bertz CT molecular complexity index is 1170. The predicted molar refractivity (Wildman–Crippen MR) is 118 cm³/mol. The minimum absolute atomic E-state index is 0.00115. The highest BCUT2D eigenvalue weighted by Gasteiger charge is 2.27. The average molecular weight is 430 g/mol. The summed E-state index contributed by atoms with van der Waals surface area (Å²) in [5.41, 5.74) is 2.95. The van der Waals surface area contributed by atoms with Gasteiger partial charge in [0.05, 0.1) is 18.5 Å². The van der Waals surface area contributed by atoms with Gasteiger partial charge in [0.25, 0.3) is 0 Å². The van der Waals surface area contributed by atoms with Gasteiger partial charge >= 0.3 is 0 Å². The zero-order chi connectivity index (χ0) is 21.6. The van der Waals surface area contributed by atoms with Crippen molar-refractivity contribution < 1.29 is 9.59 Å². The van der Waals surface area contributed by atoms with E-state index in [0.29, 0.717) is 30.1 Å². The molecule has 0 fully saturated rings. The summed E-state index contributed by atoms with van der Waals surface area (Å²) in [6, 6.07) is 11.4. The van der Waals surface area contributed by atoms with E-state index in [2.05, 4.69) is 21.4 Å². The molecule has 3 aromatic heterocycles. The number of amides is 2. The fourth-order valence-electron chi connectivity index (χ4n) is 3.39. The molecule has 1 aliphatic heterocycles. The van der Waals surface area contributed by atoms with Gasteiger partial charge in [-0.15, -0.1) is 11.3 Å². The van der Waals surface area contributed by atoms with Crippen molar-refractivity contribution in [2.75, 3.05) is 11.9 Å². The van der Waals surface area contributed by atoms with E-state index in [-0.39, 0.29) is 18.2 Å². The van der Waals surface area contributed by atoms with Gasteiger partial charge in [0, 0.05) is 41.8 Å². The third kappa shape index (κ3) is 4.85. The Balaban J connectivity index is 1.45. The highest BCUT2D eigenvalue weighted by atomic mass is 32.1. The van der Waals surface area contributed by atoms with E-state index in [9.17, 15) is 14.9 Å². The molecule has 8 heteroatoms. The standard InChI is InChI=1S/C23H19N5O2S/c24-13-19-18-8-11-28(22(30)12-17-5-1-2-10-26-17)15-20(18)31-23(19)27-21(29)7-6-16-4-3-9-25-14-16/h1-7,9-10,14H,8,11-12,15H2,(H,27,29). The van der Waals surface area contributed by atoms with Gasteiger partial charge in [-0.3, -0.25) is 19.6 Å². The first-order valence-corrected chi connectivity index (χ1v) is 10.6.